The first-order chi connectivity index (χ1) is 31.4. The quantitative estimate of drug-likeness (QED) is 0.0534. The molecule has 14 nitrogen and oxygen atoms in total. The minimum Gasteiger partial charge on any atom is -0.355 e. The first-order valence-corrected chi connectivity index (χ1v) is 22.7. The molecule has 65 heavy (non-hydrogen) atoms. The maximum Gasteiger partial charge on any atom is 0.251 e. The van der Waals surface area contributed by atoms with Gasteiger partial charge >= 0.3 is 0 Å². The molecule has 0 heterocycles. The van der Waals surface area contributed by atoms with Gasteiger partial charge in [0, 0.05) is 88.0 Å². The predicted molar refractivity (Wildman–Crippen MR) is 262 cm³/mol. The van der Waals surface area contributed by atoms with Gasteiger partial charge in [-0.15, -0.1) is 0 Å². The lowest BCUT2D eigenvalue weighted by Gasteiger charge is -2.09. The summed E-state index contributed by atoms with van der Waals surface area (Å²) in [5.74, 6) is -0.281. The average Bonchev–Trinajstić information content (AvgIpc) is 3.34. The maximum absolute atomic E-state index is 11.9. The van der Waals surface area contributed by atoms with Crippen LogP contribution in [0.1, 0.15) is 112 Å². The van der Waals surface area contributed by atoms with Crippen LogP contribution in [0.4, 0.5) is 0 Å². The second-order valence-corrected chi connectivity index (χ2v) is 14.5. The van der Waals surface area contributed by atoms with Crippen LogP contribution in [-0.4, -0.2) is 102 Å². The summed E-state index contributed by atoms with van der Waals surface area (Å²) in [6.45, 7) is 16.2. The molecule has 0 aliphatic carbocycles. The monoisotopic (exact) mass is 895 g/mol. The van der Waals surface area contributed by atoms with E-state index in [4.69, 9.17) is 0 Å². The zero-order chi connectivity index (χ0) is 48.2. The van der Waals surface area contributed by atoms with Gasteiger partial charge < -0.3 is 42.5 Å². The highest BCUT2D eigenvalue weighted by atomic mass is 16.2. The molecule has 0 saturated carbocycles. The Morgan fingerprint density at radius 2 is 0.723 bits per heavy atom. The van der Waals surface area contributed by atoms with Gasteiger partial charge in [-0.1, -0.05) is 95.3 Å². The van der Waals surface area contributed by atoms with Gasteiger partial charge in [0.1, 0.15) is 0 Å². The SMILES string of the molecule is CCC(=O)NCCNC(=O)c1ccccc1CC.CCc1ccc(C(=O)NCCNC(C)=O)cc1.CCc1ccc(C(=O)NCCNC)cc1.CCc1ccccc1C(=O)NCCNC. The summed E-state index contributed by atoms with van der Waals surface area (Å²) in [7, 11) is 3.73. The number of hydrogen-bond donors (Lipinski definition) is 8. The van der Waals surface area contributed by atoms with Crippen LogP contribution in [0.2, 0.25) is 0 Å². The number of hydrogen-bond acceptors (Lipinski definition) is 8. The fraction of sp³-hybridized carbons (Fsp3) is 0.412. The third-order valence-electron chi connectivity index (χ3n) is 9.69. The van der Waals surface area contributed by atoms with Crippen LogP contribution in [-0.2, 0) is 35.3 Å². The van der Waals surface area contributed by atoms with E-state index in [1.165, 1.54) is 18.1 Å². The first kappa shape index (κ1) is 56.6. The molecular weight excluding hydrogens is 821 g/mol. The Kier molecular flexibility index (Phi) is 30.5. The molecule has 0 unspecified atom stereocenters. The molecule has 354 valence electrons. The van der Waals surface area contributed by atoms with E-state index in [-0.39, 0.29) is 35.4 Å². The highest BCUT2D eigenvalue weighted by Crippen LogP contribution is 2.10. The van der Waals surface area contributed by atoms with Crippen molar-refractivity contribution < 1.29 is 28.8 Å². The third-order valence-corrected chi connectivity index (χ3v) is 9.69. The zero-order valence-electron chi connectivity index (χ0n) is 39.9. The van der Waals surface area contributed by atoms with E-state index in [1.54, 1.807) is 6.92 Å². The molecule has 0 spiro atoms. The molecule has 6 amide bonds. The molecular formula is C51H74N8O6. The van der Waals surface area contributed by atoms with Crippen molar-refractivity contribution in [3.05, 3.63) is 142 Å². The molecule has 0 aromatic heterocycles. The van der Waals surface area contributed by atoms with Crippen LogP contribution in [0.3, 0.4) is 0 Å². The minimum atomic E-state index is -0.113. The van der Waals surface area contributed by atoms with Crippen molar-refractivity contribution in [2.24, 2.45) is 0 Å². The summed E-state index contributed by atoms with van der Waals surface area (Å²) in [4.78, 5) is 68.5. The van der Waals surface area contributed by atoms with Crippen molar-refractivity contribution in [1.29, 1.82) is 0 Å². The molecule has 0 fully saturated rings. The van der Waals surface area contributed by atoms with Crippen molar-refractivity contribution in [2.75, 3.05) is 66.5 Å². The molecule has 0 aliphatic heterocycles. The van der Waals surface area contributed by atoms with Crippen LogP contribution < -0.4 is 42.5 Å². The van der Waals surface area contributed by atoms with Crippen molar-refractivity contribution in [1.82, 2.24) is 42.5 Å². The summed E-state index contributed by atoms with van der Waals surface area (Å²) in [6, 6.07) is 30.5. The topological polar surface area (TPSA) is 199 Å². The number of aryl methyl sites for hydroxylation is 4. The van der Waals surface area contributed by atoms with Crippen LogP contribution in [0.5, 0.6) is 0 Å². The van der Waals surface area contributed by atoms with Gasteiger partial charge in [0.2, 0.25) is 11.8 Å². The van der Waals surface area contributed by atoms with E-state index in [0.29, 0.717) is 56.8 Å². The summed E-state index contributed by atoms with van der Waals surface area (Å²) in [5, 5.41) is 22.5. The van der Waals surface area contributed by atoms with Crippen LogP contribution >= 0.6 is 0 Å². The van der Waals surface area contributed by atoms with Crippen molar-refractivity contribution in [3.8, 4) is 0 Å². The van der Waals surface area contributed by atoms with E-state index < -0.39 is 0 Å². The van der Waals surface area contributed by atoms with Crippen molar-refractivity contribution in [3.63, 3.8) is 0 Å². The smallest absolute Gasteiger partial charge is 0.251 e. The van der Waals surface area contributed by atoms with Crippen molar-refractivity contribution >= 4 is 35.4 Å². The second kappa shape index (κ2) is 35.0. The van der Waals surface area contributed by atoms with Gasteiger partial charge in [0.05, 0.1) is 0 Å². The average molecular weight is 895 g/mol. The highest BCUT2D eigenvalue weighted by molar-refractivity contribution is 5.96. The lowest BCUT2D eigenvalue weighted by Crippen LogP contribution is -2.34. The van der Waals surface area contributed by atoms with Gasteiger partial charge in [-0.05, 0) is 98.4 Å². The van der Waals surface area contributed by atoms with Crippen LogP contribution in [0, 0.1) is 0 Å². The zero-order valence-corrected chi connectivity index (χ0v) is 39.9. The van der Waals surface area contributed by atoms with E-state index in [2.05, 4.69) is 63.3 Å². The molecule has 8 N–H and O–H groups in total. The summed E-state index contributed by atoms with van der Waals surface area (Å²) < 4.78 is 0. The Morgan fingerprint density at radius 3 is 1.06 bits per heavy atom. The number of rotatable bonds is 21. The Balaban J connectivity index is 0.000000435. The molecule has 0 bridgehead atoms. The lowest BCUT2D eigenvalue weighted by atomic mass is 10.0. The van der Waals surface area contributed by atoms with Crippen molar-refractivity contribution in [2.45, 2.75) is 73.6 Å². The maximum atomic E-state index is 11.9. The van der Waals surface area contributed by atoms with Gasteiger partial charge in [0.15, 0.2) is 0 Å². The van der Waals surface area contributed by atoms with Gasteiger partial charge in [-0.2, -0.15) is 0 Å². The van der Waals surface area contributed by atoms with E-state index >= 15 is 0 Å². The number of benzene rings is 4. The fourth-order valence-corrected chi connectivity index (χ4v) is 5.80. The lowest BCUT2D eigenvalue weighted by molar-refractivity contribution is -0.121. The second-order valence-electron chi connectivity index (χ2n) is 14.5. The molecule has 0 aliphatic rings. The molecule has 0 saturated heterocycles. The molecule has 14 heteroatoms. The van der Waals surface area contributed by atoms with Gasteiger partial charge in [-0.25, -0.2) is 0 Å². The Morgan fingerprint density at radius 1 is 0.385 bits per heavy atom. The Bertz CT molecular complexity index is 2000. The third kappa shape index (κ3) is 24.3. The van der Waals surface area contributed by atoms with E-state index in [1.807, 2.05) is 118 Å². The summed E-state index contributed by atoms with van der Waals surface area (Å²) in [6.07, 6.45) is 4.14. The largest absolute Gasteiger partial charge is 0.355 e. The van der Waals surface area contributed by atoms with E-state index in [0.717, 1.165) is 61.0 Å². The standard InChI is InChI=1S/C14H20N2O2.C13H18N2O2.2C12H18N2O/c1-3-11-7-5-6-8-12(11)14(18)16-10-9-15-13(17)4-2;1-3-11-4-6-12(7-5-11)13(17)15-9-8-14-10(2)16;1-3-10-4-6-11(7-5-10)12(15)14-9-8-13-2;1-3-10-6-4-5-7-11(10)12(15)14-9-8-13-2/h5-8H,3-4,9-10H2,1-2H3,(H,15,17)(H,16,18);4-7H,3,8-9H2,1-2H3,(H,14,16)(H,15,17);2*4-7,13H,3,8-9H2,1-2H3,(H,14,15). The number of carbonyl (C=O) groups excluding carboxylic acids is 6. The number of carbonyl (C=O) groups is 6. The normalized spacial score (nSPS) is 9.91. The number of amides is 6. The molecule has 4 aromatic rings. The number of likely N-dealkylation sites (N-methyl/N-ethyl adjacent to an activating group) is 2. The van der Waals surface area contributed by atoms with Crippen LogP contribution in [0.25, 0.3) is 0 Å². The molecule has 0 radical (unpaired) electrons. The Labute approximate surface area is 387 Å². The molecule has 0 atom stereocenters. The number of nitrogens with one attached hydrogen (secondary N) is 8. The van der Waals surface area contributed by atoms with Crippen LogP contribution in [0.15, 0.2) is 97.1 Å². The van der Waals surface area contributed by atoms with Gasteiger partial charge in [-0.3, -0.25) is 28.8 Å². The highest BCUT2D eigenvalue weighted by Gasteiger charge is 2.10. The molecule has 4 rings (SSSR count). The fourth-order valence-electron chi connectivity index (χ4n) is 5.80. The minimum absolute atomic E-state index is 0.00166. The van der Waals surface area contributed by atoms with E-state index in [9.17, 15) is 28.8 Å². The summed E-state index contributed by atoms with van der Waals surface area (Å²) in [5.41, 5.74) is 7.46. The Hall–Kier alpha value is -6.38. The molecule has 4 aromatic carbocycles. The summed E-state index contributed by atoms with van der Waals surface area (Å²) >= 11 is 0. The first-order valence-electron chi connectivity index (χ1n) is 22.7. The predicted octanol–water partition coefficient (Wildman–Crippen LogP) is 5.02. The van der Waals surface area contributed by atoms with Gasteiger partial charge in [0.25, 0.3) is 23.6 Å².